The molecule has 0 spiro atoms. The van der Waals surface area contributed by atoms with Crippen molar-refractivity contribution in [2.45, 2.75) is 19.4 Å². The van der Waals surface area contributed by atoms with Gasteiger partial charge in [0.05, 0.1) is 6.07 Å². The summed E-state index contributed by atoms with van der Waals surface area (Å²) in [7, 11) is 0. The summed E-state index contributed by atoms with van der Waals surface area (Å²) < 4.78 is 0. The zero-order valence-electron chi connectivity index (χ0n) is 12.1. The molecule has 0 aliphatic heterocycles. The van der Waals surface area contributed by atoms with E-state index in [0.717, 1.165) is 10.8 Å². The summed E-state index contributed by atoms with van der Waals surface area (Å²) in [6, 6.07) is 13.6. The highest BCUT2D eigenvalue weighted by Gasteiger charge is 2.23. The summed E-state index contributed by atoms with van der Waals surface area (Å²) in [5.74, 6) is -2.04. The molecular weight excluding hydrogens is 280 g/mol. The molecule has 0 fully saturated rings. The predicted molar refractivity (Wildman–Crippen MR) is 82.2 cm³/mol. The van der Waals surface area contributed by atoms with E-state index in [0.29, 0.717) is 5.56 Å². The Morgan fingerprint density at radius 1 is 1.23 bits per heavy atom. The van der Waals surface area contributed by atoms with Crippen LogP contribution in [-0.4, -0.2) is 23.0 Å². The van der Waals surface area contributed by atoms with Crippen LogP contribution in [0, 0.1) is 17.2 Å². The molecule has 22 heavy (non-hydrogen) atoms. The van der Waals surface area contributed by atoms with Gasteiger partial charge < -0.3 is 10.4 Å². The van der Waals surface area contributed by atoms with Gasteiger partial charge in [-0.25, -0.2) is 4.79 Å². The van der Waals surface area contributed by atoms with E-state index in [-0.39, 0.29) is 6.42 Å². The Hall–Kier alpha value is -2.87. The highest BCUT2D eigenvalue weighted by Crippen LogP contribution is 2.18. The maximum atomic E-state index is 12.4. The van der Waals surface area contributed by atoms with Crippen molar-refractivity contribution in [2.24, 2.45) is 5.92 Å². The summed E-state index contributed by atoms with van der Waals surface area (Å²) in [5, 5.41) is 22.2. The number of aliphatic carboxylic acids is 1. The van der Waals surface area contributed by atoms with Crippen LogP contribution in [0.25, 0.3) is 10.8 Å². The van der Waals surface area contributed by atoms with E-state index in [4.69, 9.17) is 5.26 Å². The lowest BCUT2D eigenvalue weighted by Crippen LogP contribution is -2.41. The normalized spacial score (nSPS) is 13.1. The molecule has 0 aliphatic carbocycles. The predicted octanol–water partition coefficient (Wildman–Crippen LogP) is 2.57. The number of amides is 1. The molecule has 0 radical (unpaired) electrons. The average molecular weight is 296 g/mol. The zero-order valence-corrected chi connectivity index (χ0v) is 12.1. The number of nitriles is 1. The van der Waals surface area contributed by atoms with Crippen LogP contribution >= 0.6 is 0 Å². The summed E-state index contributed by atoms with van der Waals surface area (Å²) in [6.45, 7) is 1.63. The third kappa shape index (κ3) is 3.41. The number of carboxylic acid groups (broad SMARTS) is 1. The van der Waals surface area contributed by atoms with Crippen molar-refractivity contribution in [3.05, 3.63) is 48.0 Å². The van der Waals surface area contributed by atoms with E-state index in [2.05, 4.69) is 5.32 Å². The van der Waals surface area contributed by atoms with Gasteiger partial charge in [-0.05, 0) is 30.2 Å². The van der Waals surface area contributed by atoms with Gasteiger partial charge >= 0.3 is 5.97 Å². The maximum absolute atomic E-state index is 12.4. The Morgan fingerprint density at radius 3 is 2.59 bits per heavy atom. The van der Waals surface area contributed by atoms with Gasteiger partial charge in [-0.15, -0.1) is 0 Å². The molecule has 0 bridgehead atoms. The summed E-state index contributed by atoms with van der Waals surface area (Å²) in [6.07, 6.45) is 0.0718. The van der Waals surface area contributed by atoms with Gasteiger partial charge in [0.25, 0.3) is 5.91 Å². The smallest absolute Gasteiger partial charge is 0.326 e. The quantitative estimate of drug-likeness (QED) is 0.887. The third-order valence-corrected chi connectivity index (χ3v) is 3.45. The first kappa shape index (κ1) is 15.5. The van der Waals surface area contributed by atoms with Crippen molar-refractivity contribution in [2.75, 3.05) is 0 Å². The molecule has 5 nitrogen and oxygen atoms in total. The Morgan fingerprint density at radius 2 is 1.91 bits per heavy atom. The van der Waals surface area contributed by atoms with Gasteiger partial charge in [0.15, 0.2) is 0 Å². The second-order valence-corrected chi connectivity index (χ2v) is 5.16. The van der Waals surface area contributed by atoms with Crippen molar-refractivity contribution in [1.29, 1.82) is 5.26 Å². The molecule has 1 amide bonds. The van der Waals surface area contributed by atoms with Crippen molar-refractivity contribution in [3.8, 4) is 6.07 Å². The van der Waals surface area contributed by atoms with Crippen LogP contribution in [0.5, 0.6) is 0 Å². The fraction of sp³-hybridized carbons (Fsp3) is 0.235. The molecule has 2 atom stereocenters. The number of fused-ring (bicyclic) bond motifs is 1. The maximum Gasteiger partial charge on any atom is 0.326 e. The van der Waals surface area contributed by atoms with E-state index in [1.54, 1.807) is 19.1 Å². The summed E-state index contributed by atoms with van der Waals surface area (Å²) in [4.78, 5) is 23.6. The molecule has 112 valence electrons. The van der Waals surface area contributed by atoms with Crippen LogP contribution in [0.2, 0.25) is 0 Å². The SMILES string of the molecule is C[C@H](C#N)C[C@@H](NC(=O)c1cccc2ccccc12)C(=O)O. The fourth-order valence-electron chi connectivity index (χ4n) is 2.29. The lowest BCUT2D eigenvalue weighted by atomic mass is 10.0. The second-order valence-electron chi connectivity index (χ2n) is 5.16. The Balaban J connectivity index is 2.26. The molecule has 2 aromatic carbocycles. The number of nitrogens with one attached hydrogen (secondary N) is 1. The van der Waals surface area contributed by atoms with E-state index < -0.39 is 23.8 Å². The van der Waals surface area contributed by atoms with E-state index in [1.807, 2.05) is 36.4 Å². The number of carbonyl (C=O) groups excluding carboxylic acids is 1. The molecule has 2 N–H and O–H groups in total. The number of benzene rings is 2. The van der Waals surface area contributed by atoms with Crippen molar-refractivity contribution < 1.29 is 14.7 Å². The van der Waals surface area contributed by atoms with Gasteiger partial charge in [0.1, 0.15) is 6.04 Å². The van der Waals surface area contributed by atoms with Crippen LogP contribution in [0.1, 0.15) is 23.7 Å². The first-order chi connectivity index (χ1) is 10.5. The molecule has 2 aromatic rings. The highest BCUT2D eigenvalue weighted by molar-refractivity contribution is 6.07. The lowest BCUT2D eigenvalue weighted by molar-refractivity contribution is -0.139. The molecule has 0 aliphatic rings. The monoisotopic (exact) mass is 296 g/mol. The minimum atomic E-state index is -1.14. The number of hydrogen-bond acceptors (Lipinski definition) is 3. The largest absolute Gasteiger partial charge is 0.480 e. The molecular formula is C17H16N2O3. The van der Waals surface area contributed by atoms with Crippen LogP contribution in [-0.2, 0) is 4.79 Å². The topological polar surface area (TPSA) is 90.2 Å². The first-order valence-electron chi connectivity index (χ1n) is 6.94. The van der Waals surface area contributed by atoms with Gasteiger partial charge in [-0.3, -0.25) is 4.79 Å². The molecule has 0 saturated heterocycles. The number of hydrogen-bond donors (Lipinski definition) is 2. The van der Waals surface area contributed by atoms with Crippen molar-refractivity contribution in [3.63, 3.8) is 0 Å². The summed E-state index contributed by atoms with van der Waals surface area (Å²) >= 11 is 0. The van der Waals surface area contributed by atoms with Crippen LogP contribution in [0.4, 0.5) is 0 Å². The number of rotatable bonds is 5. The molecule has 2 rings (SSSR count). The average Bonchev–Trinajstić information content (AvgIpc) is 2.53. The second kappa shape index (κ2) is 6.72. The van der Waals surface area contributed by atoms with Crippen LogP contribution in [0.3, 0.4) is 0 Å². The molecule has 0 heterocycles. The molecule has 0 aromatic heterocycles. The first-order valence-corrected chi connectivity index (χ1v) is 6.94. The number of carboxylic acids is 1. The van der Waals surface area contributed by atoms with Crippen LogP contribution in [0.15, 0.2) is 42.5 Å². The van der Waals surface area contributed by atoms with Gasteiger partial charge in [-0.2, -0.15) is 5.26 Å². The summed E-state index contributed by atoms with van der Waals surface area (Å²) in [5.41, 5.74) is 0.425. The Labute approximate surface area is 128 Å². The van der Waals surface area contributed by atoms with E-state index in [1.165, 1.54) is 0 Å². The fourth-order valence-corrected chi connectivity index (χ4v) is 2.29. The van der Waals surface area contributed by atoms with Crippen molar-refractivity contribution >= 4 is 22.6 Å². The van der Waals surface area contributed by atoms with Crippen LogP contribution < -0.4 is 5.32 Å². The number of nitrogens with zero attached hydrogens (tertiary/aromatic N) is 1. The van der Waals surface area contributed by atoms with E-state index >= 15 is 0 Å². The van der Waals surface area contributed by atoms with Crippen molar-refractivity contribution in [1.82, 2.24) is 5.32 Å². The van der Waals surface area contributed by atoms with Gasteiger partial charge in [0.2, 0.25) is 0 Å². The van der Waals surface area contributed by atoms with Gasteiger partial charge in [-0.1, -0.05) is 36.4 Å². The van der Waals surface area contributed by atoms with E-state index in [9.17, 15) is 14.7 Å². The molecule has 0 saturated carbocycles. The standard InChI is InChI=1S/C17H16N2O3/c1-11(10-18)9-15(17(21)22)19-16(20)14-8-4-6-12-5-2-3-7-13(12)14/h2-8,11,15H,9H2,1H3,(H,19,20)(H,21,22)/t11-,15+/m0/s1. The minimum Gasteiger partial charge on any atom is -0.480 e. The molecule has 5 heteroatoms. The zero-order chi connectivity index (χ0) is 16.1. The molecule has 0 unspecified atom stereocenters. The number of carbonyl (C=O) groups is 2. The highest BCUT2D eigenvalue weighted by atomic mass is 16.4. The lowest BCUT2D eigenvalue weighted by Gasteiger charge is -2.16. The third-order valence-electron chi connectivity index (χ3n) is 3.45. The van der Waals surface area contributed by atoms with Gasteiger partial charge in [0, 0.05) is 11.5 Å². The minimum absolute atomic E-state index is 0.0718. The Bertz CT molecular complexity index is 744. The Kier molecular flexibility index (Phi) is 4.74.